The molecule has 0 aromatic heterocycles. The second kappa shape index (κ2) is 3.42. The van der Waals surface area contributed by atoms with Crippen LogP contribution in [0, 0.1) is 6.92 Å². The third kappa shape index (κ3) is 1.49. The van der Waals surface area contributed by atoms with E-state index in [2.05, 4.69) is 0 Å². The van der Waals surface area contributed by atoms with Gasteiger partial charge in [0.05, 0.1) is 7.11 Å². The first kappa shape index (κ1) is 11.8. The summed E-state index contributed by atoms with van der Waals surface area (Å²) < 4.78 is 31.6. The summed E-state index contributed by atoms with van der Waals surface area (Å²) in [6.45, 7) is 1.61. The van der Waals surface area contributed by atoms with Gasteiger partial charge < -0.3 is 9.84 Å². The topological polar surface area (TPSA) is 46.5 Å². The Hall–Kier alpha value is -1.65. The average Bonchev–Trinajstić information content (AvgIpc) is 2.82. The van der Waals surface area contributed by atoms with Gasteiger partial charge >= 0.3 is 5.97 Å². The van der Waals surface area contributed by atoms with Crippen LogP contribution in [-0.2, 0) is 10.2 Å². The normalized spacial score (nSPS) is 25.4. The summed E-state index contributed by atoms with van der Waals surface area (Å²) in [6, 6.07) is 4.47. The summed E-state index contributed by atoms with van der Waals surface area (Å²) in [5, 5.41) is 9.03. The number of aliphatic carboxylic acids is 1. The molecule has 1 atom stereocenters. The van der Waals surface area contributed by atoms with Crippen molar-refractivity contribution in [3.8, 4) is 5.75 Å². The second-order valence-electron chi connectivity index (χ2n) is 4.27. The first-order valence-corrected chi connectivity index (χ1v) is 5.11. The van der Waals surface area contributed by atoms with Crippen molar-refractivity contribution in [3.63, 3.8) is 0 Å². The zero-order valence-corrected chi connectivity index (χ0v) is 9.46. The van der Waals surface area contributed by atoms with Crippen LogP contribution in [0.3, 0.4) is 0 Å². The molecule has 92 valence electrons. The summed E-state index contributed by atoms with van der Waals surface area (Å²) in [7, 11) is 1.47. The highest BCUT2D eigenvalue weighted by Crippen LogP contribution is 2.62. The molecule has 1 aromatic carbocycles. The number of benzene rings is 1. The summed E-state index contributed by atoms with van der Waals surface area (Å²) in [5.74, 6) is -4.12. The molecule has 1 unspecified atom stereocenters. The maximum Gasteiger partial charge on any atom is 0.320 e. The lowest BCUT2D eigenvalue weighted by Gasteiger charge is -2.15. The number of carboxylic acids is 1. The zero-order valence-electron chi connectivity index (χ0n) is 9.46. The first-order chi connectivity index (χ1) is 7.85. The van der Waals surface area contributed by atoms with E-state index in [1.165, 1.54) is 19.2 Å². The van der Waals surface area contributed by atoms with Gasteiger partial charge in [-0.3, -0.25) is 4.79 Å². The lowest BCUT2D eigenvalue weighted by Crippen LogP contribution is -2.27. The quantitative estimate of drug-likeness (QED) is 0.885. The number of alkyl halides is 2. The molecule has 2 rings (SSSR count). The highest BCUT2D eigenvalue weighted by molar-refractivity contribution is 5.88. The molecule has 0 bridgehead atoms. The van der Waals surface area contributed by atoms with E-state index in [4.69, 9.17) is 9.84 Å². The van der Waals surface area contributed by atoms with Crippen LogP contribution >= 0.6 is 0 Å². The molecule has 1 aliphatic rings. The van der Waals surface area contributed by atoms with Crippen molar-refractivity contribution in [2.75, 3.05) is 7.11 Å². The lowest BCUT2D eigenvalue weighted by molar-refractivity contribution is -0.143. The highest BCUT2D eigenvalue weighted by Gasteiger charge is 2.77. The van der Waals surface area contributed by atoms with Gasteiger partial charge in [0.15, 0.2) is 5.41 Å². The van der Waals surface area contributed by atoms with Crippen molar-refractivity contribution in [1.29, 1.82) is 0 Å². The standard InChI is InChI=1S/C12H12F2O3/c1-7-5-8(17-2)3-4-9(7)11(10(15)16)6-12(11,13)14/h3-5H,6H2,1-2H3,(H,15,16). The monoisotopic (exact) mass is 242 g/mol. The number of hydrogen-bond acceptors (Lipinski definition) is 2. The van der Waals surface area contributed by atoms with E-state index in [0.717, 1.165) is 0 Å². The van der Waals surface area contributed by atoms with Crippen molar-refractivity contribution < 1.29 is 23.4 Å². The van der Waals surface area contributed by atoms with E-state index in [9.17, 15) is 13.6 Å². The molecule has 1 aromatic rings. The van der Waals surface area contributed by atoms with Crippen LogP contribution in [0.1, 0.15) is 17.5 Å². The molecule has 1 saturated carbocycles. The minimum Gasteiger partial charge on any atom is -0.497 e. The molecule has 1 N–H and O–H groups in total. The SMILES string of the molecule is COc1ccc(C2(C(=O)O)CC2(F)F)c(C)c1. The minimum atomic E-state index is -3.17. The molecule has 3 nitrogen and oxygen atoms in total. The molecular formula is C12H12F2O3. The fraction of sp³-hybridized carbons (Fsp3) is 0.417. The Labute approximate surface area is 97.0 Å². The molecule has 0 heterocycles. The van der Waals surface area contributed by atoms with Gasteiger partial charge in [0.2, 0.25) is 0 Å². The van der Waals surface area contributed by atoms with E-state index < -0.39 is 23.7 Å². The molecule has 0 radical (unpaired) electrons. The van der Waals surface area contributed by atoms with E-state index in [1.807, 2.05) is 0 Å². The van der Waals surface area contributed by atoms with E-state index in [-0.39, 0.29) is 5.56 Å². The number of carboxylic acid groups (broad SMARTS) is 1. The van der Waals surface area contributed by atoms with Gasteiger partial charge in [0, 0.05) is 6.42 Å². The van der Waals surface area contributed by atoms with Gasteiger partial charge in [0.25, 0.3) is 5.92 Å². The largest absolute Gasteiger partial charge is 0.497 e. The molecule has 1 aliphatic carbocycles. The Bertz CT molecular complexity index is 485. The molecule has 0 amide bonds. The summed E-state index contributed by atoms with van der Waals surface area (Å²) in [5.41, 5.74) is -1.39. The lowest BCUT2D eigenvalue weighted by atomic mass is 9.91. The molecule has 1 fully saturated rings. The molecular weight excluding hydrogens is 230 g/mol. The van der Waals surface area contributed by atoms with Crippen molar-refractivity contribution in [2.45, 2.75) is 24.7 Å². The fourth-order valence-corrected chi connectivity index (χ4v) is 2.17. The predicted octanol–water partition coefficient (Wildman–Crippen LogP) is 2.37. The Morgan fingerprint density at radius 3 is 2.41 bits per heavy atom. The van der Waals surface area contributed by atoms with Crippen LogP contribution < -0.4 is 4.74 Å². The Morgan fingerprint density at radius 2 is 2.06 bits per heavy atom. The van der Waals surface area contributed by atoms with Gasteiger partial charge in [-0.25, -0.2) is 8.78 Å². The van der Waals surface area contributed by atoms with Crippen LogP contribution in [0.25, 0.3) is 0 Å². The van der Waals surface area contributed by atoms with Crippen molar-refractivity contribution in [2.24, 2.45) is 0 Å². The fourth-order valence-electron chi connectivity index (χ4n) is 2.17. The number of aryl methyl sites for hydroxylation is 1. The highest BCUT2D eigenvalue weighted by atomic mass is 19.3. The predicted molar refractivity (Wildman–Crippen MR) is 56.6 cm³/mol. The number of hydrogen-bond donors (Lipinski definition) is 1. The maximum atomic E-state index is 13.3. The summed E-state index contributed by atoms with van der Waals surface area (Å²) in [4.78, 5) is 11.1. The van der Waals surface area contributed by atoms with Crippen molar-refractivity contribution in [1.82, 2.24) is 0 Å². The van der Waals surface area contributed by atoms with Gasteiger partial charge in [-0.1, -0.05) is 6.07 Å². The molecule has 0 saturated heterocycles. The molecule has 0 spiro atoms. The van der Waals surface area contributed by atoms with Crippen LogP contribution in [0.15, 0.2) is 18.2 Å². The minimum absolute atomic E-state index is 0.163. The van der Waals surface area contributed by atoms with Gasteiger partial charge in [-0.15, -0.1) is 0 Å². The van der Waals surface area contributed by atoms with E-state index in [1.54, 1.807) is 13.0 Å². The number of halogens is 2. The maximum absolute atomic E-state index is 13.3. The first-order valence-electron chi connectivity index (χ1n) is 5.11. The third-order valence-electron chi connectivity index (χ3n) is 3.25. The van der Waals surface area contributed by atoms with Crippen LogP contribution in [0.5, 0.6) is 5.75 Å². The Balaban J connectivity index is 2.51. The van der Waals surface area contributed by atoms with E-state index >= 15 is 0 Å². The summed E-state index contributed by atoms with van der Waals surface area (Å²) >= 11 is 0. The molecule has 17 heavy (non-hydrogen) atoms. The summed E-state index contributed by atoms with van der Waals surface area (Å²) in [6.07, 6.45) is -0.636. The van der Waals surface area contributed by atoms with Crippen molar-refractivity contribution in [3.05, 3.63) is 29.3 Å². The van der Waals surface area contributed by atoms with Gasteiger partial charge in [-0.05, 0) is 30.2 Å². The van der Waals surface area contributed by atoms with Crippen LogP contribution in [0.2, 0.25) is 0 Å². The number of ether oxygens (including phenoxy) is 1. The third-order valence-corrected chi connectivity index (χ3v) is 3.25. The number of methoxy groups -OCH3 is 1. The Kier molecular flexibility index (Phi) is 2.38. The second-order valence-corrected chi connectivity index (χ2v) is 4.27. The molecule has 0 aliphatic heterocycles. The zero-order chi connectivity index (χ0) is 12.8. The van der Waals surface area contributed by atoms with Gasteiger partial charge in [-0.2, -0.15) is 0 Å². The number of carbonyl (C=O) groups is 1. The average molecular weight is 242 g/mol. The van der Waals surface area contributed by atoms with Crippen molar-refractivity contribution >= 4 is 5.97 Å². The van der Waals surface area contributed by atoms with Gasteiger partial charge in [0.1, 0.15) is 5.75 Å². The molecule has 5 heteroatoms. The van der Waals surface area contributed by atoms with Crippen LogP contribution in [0.4, 0.5) is 8.78 Å². The Morgan fingerprint density at radius 1 is 1.47 bits per heavy atom. The van der Waals surface area contributed by atoms with Crippen LogP contribution in [-0.4, -0.2) is 24.1 Å². The van der Waals surface area contributed by atoms with E-state index in [0.29, 0.717) is 11.3 Å². The number of rotatable bonds is 3. The smallest absolute Gasteiger partial charge is 0.320 e.